The Morgan fingerprint density at radius 1 is 1.22 bits per heavy atom. The number of carbonyl (C=O) groups is 2. The van der Waals surface area contributed by atoms with Crippen molar-refractivity contribution in [3.63, 3.8) is 0 Å². The van der Waals surface area contributed by atoms with Crippen molar-refractivity contribution in [1.29, 1.82) is 0 Å². The van der Waals surface area contributed by atoms with Crippen LogP contribution in [0.4, 0.5) is 5.69 Å². The van der Waals surface area contributed by atoms with E-state index in [-0.39, 0.29) is 17.7 Å². The molecule has 0 aliphatic heterocycles. The number of rotatable bonds is 9. The first kappa shape index (κ1) is 26.2. The molecule has 0 spiro atoms. The zero-order valence-electron chi connectivity index (χ0n) is 18.9. The summed E-state index contributed by atoms with van der Waals surface area (Å²) in [6.07, 6.45) is 0.452. The number of amides is 2. The molecule has 4 aromatic rings. The predicted octanol–water partition coefficient (Wildman–Crippen LogP) is 5.53. The van der Waals surface area contributed by atoms with E-state index >= 15 is 0 Å². The van der Waals surface area contributed by atoms with Crippen LogP contribution in [-0.4, -0.2) is 33.3 Å². The lowest BCUT2D eigenvalue weighted by atomic mass is 10.3. The highest BCUT2D eigenvalue weighted by Crippen LogP contribution is 2.27. The van der Waals surface area contributed by atoms with E-state index in [1.54, 1.807) is 53.9 Å². The number of hydrogen-bond donors (Lipinski definition) is 2. The first-order chi connectivity index (χ1) is 17.4. The van der Waals surface area contributed by atoms with Crippen LogP contribution in [-0.2, 0) is 9.59 Å². The zero-order valence-corrected chi connectivity index (χ0v) is 22.8. The summed E-state index contributed by atoms with van der Waals surface area (Å²) < 4.78 is 7.73. The summed E-state index contributed by atoms with van der Waals surface area (Å²) in [6, 6.07) is 15.7. The number of thiophene rings is 1. The van der Waals surface area contributed by atoms with Crippen molar-refractivity contribution in [2.45, 2.75) is 23.8 Å². The Hall–Kier alpha value is -2.86. The van der Waals surface area contributed by atoms with E-state index in [4.69, 9.17) is 16.3 Å². The summed E-state index contributed by atoms with van der Waals surface area (Å²) in [6.45, 7) is 1.53. The van der Waals surface area contributed by atoms with E-state index in [2.05, 4.69) is 31.7 Å². The van der Waals surface area contributed by atoms with E-state index in [1.165, 1.54) is 11.3 Å². The molecule has 0 radical (unpaired) electrons. The Morgan fingerprint density at radius 3 is 2.78 bits per heavy atom. The van der Waals surface area contributed by atoms with Crippen molar-refractivity contribution in [2.75, 3.05) is 17.3 Å². The highest BCUT2D eigenvalue weighted by Gasteiger charge is 2.23. The van der Waals surface area contributed by atoms with Gasteiger partial charge in [0, 0.05) is 10.7 Å². The van der Waals surface area contributed by atoms with Crippen molar-refractivity contribution in [1.82, 2.24) is 9.66 Å². The molecule has 0 aliphatic rings. The van der Waals surface area contributed by atoms with Crippen LogP contribution in [0.2, 0.25) is 5.02 Å². The van der Waals surface area contributed by atoms with Gasteiger partial charge in [-0.2, -0.15) is 4.68 Å². The molecule has 1 atom stereocenters. The summed E-state index contributed by atoms with van der Waals surface area (Å²) in [7, 11) is 0. The summed E-state index contributed by atoms with van der Waals surface area (Å²) >= 11 is 11.7. The SMILES string of the molecule is CC[C@H](Sc1nc2ccsc2c(=O)n1NC(=O)COc1ccccc1Br)C(=O)Nc1cccc(Cl)c1. The minimum atomic E-state index is -0.591. The second-order valence-corrected chi connectivity index (χ2v) is 10.8. The van der Waals surface area contributed by atoms with Gasteiger partial charge in [-0.05, 0) is 64.1 Å². The van der Waals surface area contributed by atoms with Crippen molar-refractivity contribution in [3.05, 3.63) is 79.8 Å². The van der Waals surface area contributed by atoms with Crippen molar-refractivity contribution in [3.8, 4) is 5.75 Å². The Kier molecular flexibility index (Phi) is 8.68. The molecule has 2 aromatic heterocycles. The fourth-order valence-corrected chi connectivity index (χ4v) is 5.49. The number of carbonyl (C=O) groups excluding carboxylic acids is 2. The summed E-state index contributed by atoms with van der Waals surface area (Å²) in [5.41, 5.74) is 3.19. The third-order valence-electron chi connectivity index (χ3n) is 4.88. The standard InChI is InChI=1S/C24H20BrClN4O4S2/c1-2-19(22(32)27-15-7-5-6-14(26)12-15)36-24-28-17-10-11-35-21(17)23(33)30(24)29-20(31)13-34-18-9-4-3-8-16(18)25/h3-12,19H,2,13H2,1H3,(H,27,32)(H,29,31)/t19-/m0/s1. The number of halogens is 2. The van der Waals surface area contributed by atoms with Gasteiger partial charge in [-0.1, -0.05) is 48.5 Å². The highest BCUT2D eigenvalue weighted by molar-refractivity contribution is 9.10. The van der Waals surface area contributed by atoms with Crippen molar-refractivity contribution >= 4 is 78.3 Å². The quantitative estimate of drug-likeness (QED) is 0.192. The van der Waals surface area contributed by atoms with Gasteiger partial charge < -0.3 is 10.1 Å². The fraction of sp³-hybridized carbons (Fsp3) is 0.167. The monoisotopic (exact) mass is 606 g/mol. The molecular weight excluding hydrogens is 588 g/mol. The molecular formula is C24H20BrClN4O4S2. The lowest BCUT2D eigenvalue weighted by molar-refractivity contribution is -0.119. The van der Waals surface area contributed by atoms with Gasteiger partial charge in [-0.3, -0.25) is 19.8 Å². The molecule has 0 unspecified atom stereocenters. The van der Waals surface area contributed by atoms with E-state index in [9.17, 15) is 14.4 Å². The van der Waals surface area contributed by atoms with Gasteiger partial charge >= 0.3 is 0 Å². The van der Waals surface area contributed by atoms with Gasteiger partial charge in [0.2, 0.25) is 5.91 Å². The molecule has 2 heterocycles. The fourth-order valence-electron chi connectivity index (χ4n) is 3.17. The number of thioether (sulfide) groups is 1. The number of aromatic nitrogens is 2. The first-order valence-corrected chi connectivity index (χ1v) is 13.7. The number of fused-ring (bicyclic) bond motifs is 1. The average Bonchev–Trinajstić information content (AvgIpc) is 3.33. The second-order valence-electron chi connectivity index (χ2n) is 7.44. The molecule has 36 heavy (non-hydrogen) atoms. The molecule has 0 bridgehead atoms. The average molecular weight is 608 g/mol. The third kappa shape index (κ3) is 6.28. The number of anilines is 1. The third-order valence-corrected chi connectivity index (χ3v) is 7.98. The first-order valence-electron chi connectivity index (χ1n) is 10.8. The Morgan fingerprint density at radius 2 is 2.03 bits per heavy atom. The predicted molar refractivity (Wildman–Crippen MR) is 148 cm³/mol. The lowest BCUT2D eigenvalue weighted by Gasteiger charge is -2.18. The van der Waals surface area contributed by atoms with Gasteiger partial charge in [-0.15, -0.1) is 11.3 Å². The number of nitrogens with zero attached hydrogens (tertiary/aromatic N) is 2. The molecule has 2 aromatic carbocycles. The second kappa shape index (κ2) is 11.9. The van der Waals surface area contributed by atoms with Gasteiger partial charge in [0.1, 0.15) is 10.4 Å². The number of ether oxygens (including phenoxy) is 1. The smallest absolute Gasteiger partial charge is 0.291 e. The van der Waals surface area contributed by atoms with Crippen LogP contribution < -0.4 is 21.0 Å². The molecule has 0 fully saturated rings. The van der Waals surface area contributed by atoms with Crippen LogP contribution in [0.25, 0.3) is 10.2 Å². The Balaban J connectivity index is 1.56. The molecule has 8 nitrogen and oxygen atoms in total. The summed E-state index contributed by atoms with van der Waals surface area (Å²) in [5.74, 6) is -0.339. The van der Waals surface area contributed by atoms with Crippen LogP contribution in [0.1, 0.15) is 13.3 Å². The minimum absolute atomic E-state index is 0.188. The van der Waals surface area contributed by atoms with Crippen molar-refractivity contribution < 1.29 is 14.3 Å². The van der Waals surface area contributed by atoms with Gasteiger partial charge in [-0.25, -0.2) is 4.98 Å². The summed E-state index contributed by atoms with van der Waals surface area (Å²) in [5, 5.41) is 4.68. The van der Waals surface area contributed by atoms with Crippen molar-refractivity contribution in [2.24, 2.45) is 0 Å². The molecule has 2 N–H and O–H groups in total. The molecule has 0 saturated carbocycles. The normalized spacial score (nSPS) is 11.8. The van der Waals surface area contributed by atoms with Crippen LogP contribution >= 0.6 is 50.6 Å². The summed E-state index contributed by atoms with van der Waals surface area (Å²) in [4.78, 5) is 43.4. The molecule has 12 heteroatoms. The molecule has 4 rings (SSSR count). The van der Waals surface area contributed by atoms with E-state index in [0.29, 0.717) is 37.6 Å². The Bertz CT molecular complexity index is 1480. The van der Waals surface area contributed by atoms with Crippen LogP contribution in [0, 0.1) is 0 Å². The van der Waals surface area contributed by atoms with E-state index in [0.717, 1.165) is 16.4 Å². The lowest BCUT2D eigenvalue weighted by Crippen LogP contribution is -2.37. The zero-order chi connectivity index (χ0) is 25.7. The largest absolute Gasteiger partial charge is 0.483 e. The van der Waals surface area contributed by atoms with E-state index in [1.807, 2.05) is 13.0 Å². The molecule has 2 amide bonds. The maximum atomic E-state index is 13.2. The van der Waals surface area contributed by atoms with Gasteiger partial charge in [0.05, 0.1) is 15.2 Å². The van der Waals surface area contributed by atoms with Crippen LogP contribution in [0.5, 0.6) is 5.75 Å². The van der Waals surface area contributed by atoms with Gasteiger partial charge in [0.15, 0.2) is 11.8 Å². The van der Waals surface area contributed by atoms with Crippen LogP contribution in [0.15, 0.2) is 74.4 Å². The topological polar surface area (TPSA) is 102 Å². The van der Waals surface area contributed by atoms with E-state index < -0.39 is 16.7 Å². The number of nitrogens with one attached hydrogen (secondary N) is 2. The number of hydrogen-bond acceptors (Lipinski definition) is 7. The minimum Gasteiger partial charge on any atom is -0.483 e. The Labute approximate surface area is 228 Å². The maximum Gasteiger partial charge on any atom is 0.291 e. The number of para-hydroxylation sites is 1. The molecule has 0 saturated heterocycles. The number of benzene rings is 2. The highest BCUT2D eigenvalue weighted by atomic mass is 79.9. The molecule has 0 aliphatic carbocycles. The van der Waals surface area contributed by atoms with Gasteiger partial charge in [0.25, 0.3) is 11.5 Å². The molecule has 186 valence electrons. The maximum absolute atomic E-state index is 13.2. The van der Waals surface area contributed by atoms with Crippen LogP contribution in [0.3, 0.4) is 0 Å².